The number of hydrogen-bond acceptors (Lipinski definition) is 2. The van der Waals surface area contributed by atoms with Crippen LogP contribution in [0, 0.1) is 11.3 Å². The lowest BCUT2D eigenvalue weighted by Crippen LogP contribution is -2.46. The van der Waals surface area contributed by atoms with Crippen molar-refractivity contribution in [2.75, 3.05) is 19.6 Å². The molecular formula is C17H34N2. The van der Waals surface area contributed by atoms with E-state index in [-0.39, 0.29) is 0 Å². The summed E-state index contributed by atoms with van der Waals surface area (Å²) in [6.45, 7) is 13.4. The summed E-state index contributed by atoms with van der Waals surface area (Å²) in [5.41, 5.74) is 0.566. The van der Waals surface area contributed by atoms with Crippen LogP contribution in [-0.4, -0.2) is 36.6 Å². The first-order chi connectivity index (χ1) is 8.96. The molecule has 2 rings (SSSR count). The lowest BCUT2D eigenvalue weighted by molar-refractivity contribution is 0.0911. The lowest BCUT2D eigenvalue weighted by atomic mass is 9.74. The second kappa shape index (κ2) is 6.58. The fourth-order valence-electron chi connectivity index (χ4n) is 4.06. The Hall–Kier alpha value is -0.0800. The Balaban J connectivity index is 1.93. The Labute approximate surface area is 120 Å². The standard InChI is InChI=1S/C17H34N2/c1-14(2)11-15-13-19(10-6-9-18-15)16-7-5-8-17(3,4)12-16/h14-16,18H,5-13H2,1-4H3. The zero-order valence-corrected chi connectivity index (χ0v) is 13.5. The smallest absolute Gasteiger partial charge is 0.0197 e. The van der Waals surface area contributed by atoms with Crippen LogP contribution in [0.3, 0.4) is 0 Å². The fraction of sp³-hybridized carbons (Fsp3) is 1.00. The second-order valence-corrected chi connectivity index (χ2v) is 8.04. The molecule has 1 aliphatic heterocycles. The molecule has 1 aliphatic carbocycles. The molecule has 2 atom stereocenters. The lowest BCUT2D eigenvalue weighted by Gasteiger charge is -2.41. The predicted octanol–water partition coefficient (Wildman–Crippen LogP) is 3.67. The summed E-state index contributed by atoms with van der Waals surface area (Å²) in [7, 11) is 0. The summed E-state index contributed by atoms with van der Waals surface area (Å²) < 4.78 is 0. The molecule has 2 heteroatoms. The van der Waals surface area contributed by atoms with Crippen molar-refractivity contribution in [3.8, 4) is 0 Å². The van der Waals surface area contributed by atoms with Gasteiger partial charge in [0.05, 0.1) is 0 Å². The summed E-state index contributed by atoms with van der Waals surface area (Å²) >= 11 is 0. The fourth-order valence-corrected chi connectivity index (χ4v) is 4.06. The minimum absolute atomic E-state index is 0.566. The van der Waals surface area contributed by atoms with E-state index in [1.54, 1.807) is 0 Å². The zero-order chi connectivity index (χ0) is 13.9. The third-order valence-corrected chi connectivity index (χ3v) is 4.96. The molecule has 0 aromatic heterocycles. The van der Waals surface area contributed by atoms with Crippen LogP contribution < -0.4 is 5.32 Å². The maximum Gasteiger partial charge on any atom is 0.0197 e. The quantitative estimate of drug-likeness (QED) is 0.838. The van der Waals surface area contributed by atoms with Crippen LogP contribution in [0.5, 0.6) is 0 Å². The number of rotatable bonds is 3. The molecule has 1 saturated carbocycles. The summed E-state index contributed by atoms with van der Waals surface area (Å²) in [5.74, 6) is 0.806. The van der Waals surface area contributed by atoms with E-state index in [2.05, 4.69) is 37.9 Å². The van der Waals surface area contributed by atoms with Gasteiger partial charge in [0.1, 0.15) is 0 Å². The van der Waals surface area contributed by atoms with Gasteiger partial charge in [-0.05, 0) is 56.5 Å². The van der Waals surface area contributed by atoms with Crippen molar-refractivity contribution in [2.24, 2.45) is 11.3 Å². The van der Waals surface area contributed by atoms with Gasteiger partial charge in [-0.1, -0.05) is 34.1 Å². The molecule has 0 aromatic carbocycles. The highest BCUT2D eigenvalue weighted by Crippen LogP contribution is 2.37. The van der Waals surface area contributed by atoms with Crippen molar-refractivity contribution in [2.45, 2.75) is 78.3 Å². The van der Waals surface area contributed by atoms with E-state index in [1.807, 2.05) is 0 Å². The Bertz CT molecular complexity index is 272. The first-order valence-electron chi connectivity index (χ1n) is 8.44. The molecule has 112 valence electrons. The Morgan fingerprint density at radius 1 is 1.26 bits per heavy atom. The Morgan fingerprint density at radius 3 is 2.74 bits per heavy atom. The van der Waals surface area contributed by atoms with Crippen molar-refractivity contribution in [1.82, 2.24) is 10.2 Å². The molecule has 0 aromatic rings. The molecule has 0 bridgehead atoms. The number of nitrogens with one attached hydrogen (secondary N) is 1. The molecule has 1 saturated heterocycles. The van der Waals surface area contributed by atoms with E-state index in [0.29, 0.717) is 11.5 Å². The van der Waals surface area contributed by atoms with Gasteiger partial charge >= 0.3 is 0 Å². The highest BCUT2D eigenvalue weighted by atomic mass is 15.2. The van der Waals surface area contributed by atoms with Gasteiger partial charge in [-0.15, -0.1) is 0 Å². The van der Waals surface area contributed by atoms with Crippen molar-refractivity contribution in [1.29, 1.82) is 0 Å². The molecule has 0 spiro atoms. The van der Waals surface area contributed by atoms with Gasteiger partial charge in [-0.2, -0.15) is 0 Å². The number of nitrogens with zero attached hydrogens (tertiary/aromatic N) is 1. The maximum absolute atomic E-state index is 3.76. The highest BCUT2D eigenvalue weighted by molar-refractivity contribution is 4.88. The molecule has 1 N–H and O–H groups in total. The van der Waals surface area contributed by atoms with Gasteiger partial charge in [0.2, 0.25) is 0 Å². The maximum atomic E-state index is 3.76. The van der Waals surface area contributed by atoms with E-state index < -0.39 is 0 Å². The topological polar surface area (TPSA) is 15.3 Å². The van der Waals surface area contributed by atoms with E-state index in [9.17, 15) is 0 Å². The van der Waals surface area contributed by atoms with Gasteiger partial charge in [0, 0.05) is 18.6 Å². The Morgan fingerprint density at radius 2 is 2.05 bits per heavy atom. The summed E-state index contributed by atoms with van der Waals surface area (Å²) in [5, 5.41) is 3.76. The molecular weight excluding hydrogens is 232 g/mol. The summed E-state index contributed by atoms with van der Waals surface area (Å²) in [4.78, 5) is 2.81. The van der Waals surface area contributed by atoms with Crippen molar-refractivity contribution < 1.29 is 0 Å². The Kier molecular flexibility index (Phi) is 5.30. The molecule has 0 amide bonds. The van der Waals surface area contributed by atoms with Gasteiger partial charge < -0.3 is 5.32 Å². The van der Waals surface area contributed by atoms with Crippen LogP contribution in [0.2, 0.25) is 0 Å². The van der Waals surface area contributed by atoms with E-state index in [0.717, 1.165) is 12.0 Å². The van der Waals surface area contributed by atoms with Gasteiger partial charge in [-0.3, -0.25) is 4.90 Å². The first kappa shape index (κ1) is 15.3. The van der Waals surface area contributed by atoms with Crippen LogP contribution in [0.25, 0.3) is 0 Å². The molecule has 19 heavy (non-hydrogen) atoms. The minimum Gasteiger partial charge on any atom is -0.313 e. The van der Waals surface area contributed by atoms with Crippen LogP contribution in [0.4, 0.5) is 0 Å². The summed E-state index contributed by atoms with van der Waals surface area (Å²) in [6.07, 6.45) is 8.33. The summed E-state index contributed by atoms with van der Waals surface area (Å²) in [6, 6.07) is 1.56. The largest absolute Gasteiger partial charge is 0.313 e. The SMILES string of the molecule is CC(C)CC1CN(C2CCCC(C)(C)C2)CCCN1. The first-order valence-corrected chi connectivity index (χ1v) is 8.44. The average molecular weight is 266 g/mol. The average Bonchev–Trinajstić information content (AvgIpc) is 2.52. The third-order valence-electron chi connectivity index (χ3n) is 4.96. The molecule has 2 fully saturated rings. The predicted molar refractivity (Wildman–Crippen MR) is 83.5 cm³/mol. The van der Waals surface area contributed by atoms with Crippen LogP contribution >= 0.6 is 0 Å². The third kappa shape index (κ3) is 4.75. The molecule has 2 unspecified atom stereocenters. The molecule has 1 heterocycles. The van der Waals surface area contributed by atoms with E-state index in [1.165, 1.54) is 58.2 Å². The number of hydrogen-bond donors (Lipinski definition) is 1. The molecule has 0 radical (unpaired) electrons. The highest BCUT2D eigenvalue weighted by Gasteiger charge is 2.32. The second-order valence-electron chi connectivity index (χ2n) is 8.04. The molecule has 2 nitrogen and oxygen atoms in total. The van der Waals surface area contributed by atoms with E-state index in [4.69, 9.17) is 0 Å². The van der Waals surface area contributed by atoms with Crippen molar-refractivity contribution in [3.63, 3.8) is 0 Å². The van der Waals surface area contributed by atoms with E-state index >= 15 is 0 Å². The minimum atomic E-state index is 0.566. The van der Waals surface area contributed by atoms with Gasteiger partial charge in [0.25, 0.3) is 0 Å². The van der Waals surface area contributed by atoms with Gasteiger partial charge in [-0.25, -0.2) is 0 Å². The van der Waals surface area contributed by atoms with Crippen molar-refractivity contribution >= 4 is 0 Å². The van der Waals surface area contributed by atoms with Crippen molar-refractivity contribution in [3.05, 3.63) is 0 Å². The normalized spacial score (nSPS) is 33.3. The monoisotopic (exact) mass is 266 g/mol. The molecule has 2 aliphatic rings. The van der Waals surface area contributed by atoms with Crippen LogP contribution in [0.1, 0.15) is 66.2 Å². The van der Waals surface area contributed by atoms with Crippen LogP contribution in [0.15, 0.2) is 0 Å². The zero-order valence-electron chi connectivity index (χ0n) is 13.5. The van der Waals surface area contributed by atoms with Crippen LogP contribution in [-0.2, 0) is 0 Å². The van der Waals surface area contributed by atoms with Gasteiger partial charge in [0.15, 0.2) is 0 Å².